The van der Waals surface area contributed by atoms with Crippen molar-refractivity contribution < 1.29 is 9.90 Å². The molecule has 0 saturated carbocycles. The maximum atomic E-state index is 10.8. The number of aryl methyl sites for hydroxylation is 1. The van der Waals surface area contributed by atoms with E-state index in [1.807, 2.05) is 25.1 Å². The molecule has 1 aromatic carbocycles. The van der Waals surface area contributed by atoms with Gasteiger partial charge in [-0.2, -0.15) is 0 Å². The summed E-state index contributed by atoms with van der Waals surface area (Å²) in [6, 6.07) is 5.14. The summed E-state index contributed by atoms with van der Waals surface area (Å²) >= 11 is 0. The van der Waals surface area contributed by atoms with Crippen LogP contribution in [0.5, 0.6) is 0 Å². The lowest BCUT2D eigenvalue weighted by Crippen LogP contribution is -2.37. The molecule has 4 nitrogen and oxygen atoms in total. The zero-order valence-electron chi connectivity index (χ0n) is 8.53. The Labute approximate surface area is 88.1 Å². The van der Waals surface area contributed by atoms with Crippen molar-refractivity contribution in [3.05, 3.63) is 29.3 Å². The summed E-state index contributed by atoms with van der Waals surface area (Å²) in [5.74, 6) is -1.08. The van der Waals surface area contributed by atoms with Gasteiger partial charge in [0.25, 0.3) is 0 Å². The van der Waals surface area contributed by atoms with Gasteiger partial charge in [0.05, 0.1) is 0 Å². The fourth-order valence-corrected chi connectivity index (χ4v) is 1.97. The summed E-state index contributed by atoms with van der Waals surface area (Å²) in [4.78, 5) is 10.8. The summed E-state index contributed by atoms with van der Waals surface area (Å²) in [6.07, 6.45) is 0. The van der Waals surface area contributed by atoms with Crippen LogP contribution in [0.2, 0.25) is 0 Å². The van der Waals surface area contributed by atoms with E-state index in [4.69, 9.17) is 10.8 Å². The SMILES string of the molecule is Cc1ccc2c(c1)C(C(N)C(=O)O)CN2. The van der Waals surface area contributed by atoms with E-state index in [1.54, 1.807) is 0 Å². The lowest BCUT2D eigenvalue weighted by Gasteiger charge is -2.14. The van der Waals surface area contributed by atoms with Crippen LogP contribution in [0.3, 0.4) is 0 Å². The molecule has 1 heterocycles. The van der Waals surface area contributed by atoms with Crippen LogP contribution in [0.4, 0.5) is 5.69 Å². The minimum Gasteiger partial charge on any atom is -0.480 e. The van der Waals surface area contributed by atoms with Crippen molar-refractivity contribution in [2.45, 2.75) is 18.9 Å². The highest BCUT2D eigenvalue weighted by Crippen LogP contribution is 2.33. The molecule has 0 saturated heterocycles. The van der Waals surface area contributed by atoms with E-state index in [0.29, 0.717) is 6.54 Å². The summed E-state index contributed by atoms with van der Waals surface area (Å²) in [5, 5.41) is 12.1. The molecule has 0 spiro atoms. The molecule has 80 valence electrons. The number of benzene rings is 1. The molecule has 0 radical (unpaired) electrons. The van der Waals surface area contributed by atoms with E-state index in [1.165, 1.54) is 0 Å². The number of hydrogen-bond donors (Lipinski definition) is 3. The van der Waals surface area contributed by atoms with Crippen LogP contribution in [0.15, 0.2) is 18.2 Å². The number of anilines is 1. The summed E-state index contributed by atoms with van der Waals surface area (Å²) < 4.78 is 0. The second kappa shape index (κ2) is 3.55. The van der Waals surface area contributed by atoms with E-state index < -0.39 is 12.0 Å². The van der Waals surface area contributed by atoms with E-state index in [-0.39, 0.29) is 5.92 Å². The van der Waals surface area contributed by atoms with Gasteiger partial charge in [0.2, 0.25) is 0 Å². The second-order valence-corrected chi connectivity index (χ2v) is 3.94. The zero-order valence-corrected chi connectivity index (χ0v) is 8.53. The van der Waals surface area contributed by atoms with Crippen LogP contribution in [0, 0.1) is 6.92 Å². The molecule has 0 aliphatic carbocycles. The first kappa shape index (κ1) is 9.98. The molecule has 1 aliphatic heterocycles. The Hall–Kier alpha value is -1.55. The van der Waals surface area contributed by atoms with Gasteiger partial charge < -0.3 is 16.2 Å². The Morgan fingerprint density at radius 1 is 1.67 bits per heavy atom. The molecule has 0 fully saturated rings. The minimum absolute atomic E-state index is 0.127. The lowest BCUT2D eigenvalue weighted by molar-refractivity contribution is -0.138. The van der Waals surface area contributed by atoms with E-state index in [9.17, 15) is 4.79 Å². The standard InChI is InChI=1S/C11H14N2O2/c1-6-2-3-9-7(4-6)8(5-13-9)10(12)11(14)15/h2-4,8,10,13H,5,12H2,1H3,(H,14,15). The largest absolute Gasteiger partial charge is 0.480 e. The summed E-state index contributed by atoms with van der Waals surface area (Å²) in [5.41, 5.74) is 8.79. The number of carboxylic acid groups (broad SMARTS) is 1. The van der Waals surface area contributed by atoms with Crippen LogP contribution in [0.1, 0.15) is 17.0 Å². The number of fused-ring (bicyclic) bond motifs is 1. The van der Waals surface area contributed by atoms with Gasteiger partial charge in [-0.15, -0.1) is 0 Å². The highest BCUT2D eigenvalue weighted by Gasteiger charge is 2.31. The molecule has 2 rings (SSSR count). The molecule has 4 N–H and O–H groups in total. The van der Waals surface area contributed by atoms with Gasteiger partial charge in [0, 0.05) is 18.2 Å². The van der Waals surface area contributed by atoms with Crippen molar-refractivity contribution in [2.75, 3.05) is 11.9 Å². The molecule has 4 heteroatoms. The average Bonchev–Trinajstić information content (AvgIpc) is 2.59. The Balaban J connectivity index is 2.35. The molecule has 0 amide bonds. The molecule has 0 aromatic heterocycles. The van der Waals surface area contributed by atoms with Crippen LogP contribution in [0.25, 0.3) is 0 Å². The number of nitrogens with two attached hydrogens (primary N) is 1. The topological polar surface area (TPSA) is 75.4 Å². The molecule has 0 bridgehead atoms. The number of aliphatic carboxylic acids is 1. The summed E-state index contributed by atoms with van der Waals surface area (Å²) in [6.45, 7) is 2.59. The maximum Gasteiger partial charge on any atom is 0.321 e. The first-order chi connectivity index (χ1) is 7.09. The zero-order chi connectivity index (χ0) is 11.0. The van der Waals surface area contributed by atoms with Gasteiger partial charge in [-0.3, -0.25) is 4.79 Å². The van der Waals surface area contributed by atoms with Gasteiger partial charge in [-0.25, -0.2) is 0 Å². The van der Waals surface area contributed by atoms with Gasteiger partial charge in [0.15, 0.2) is 0 Å². The third-order valence-corrected chi connectivity index (χ3v) is 2.84. The summed E-state index contributed by atoms with van der Waals surface area (Å²) in [7, 11) is 0. The molecule has 15 heavy (non-hydrogen) atoms. The average molecular weight is 206 g/mol. The molecular formula is C11H14N2O2. The van der Waals surface area contributed by atoms with E-state index >= 15 is 0 Å². The third kappa shape index (κ3) is 1.68. The Morgan fingerprint density at radius 3 is 3.07 bits per heavy atom. The molecule has 2 unspecified atom stereocenters. The Kier molecular flexibility index (Phi) is 2.36. The number of rotatable bonds is 2. The highest BCUT2D eigenvalue weighted by atomic mass is 16.4. The van der Waals surface area contributed by atoms with E-state index in [2.05, 4.69) is 5.32 Å². The number of hydrogen-bond acceptors (Lipinski definition) is 3. The normalized spacial score (nSPS) is 20.5. The lowest BCUT2D eigenvalue weighted by atomic mass is 9.93. The van der Waals surface area contributed by atoms with Crippen molar-refractivity contribution in [1.29, 1.82) is 0 Å². The molecule has 1 aromatic rings. The van der Waals surface area contributed by atoms with Crippen molar-refractivity contribution in [3.63, 3.8) is 0 Å². The van der Waals surface area contributed by atoms with Crippen LogP contribution in [-0.4, -0.2) is 23.7 Å². The van der Waals surface area contributed by atoms with Gasteiger partial charge >= 0.3 is 5.97 Å². The molecule has 2 atom stereocenters. The number of carbonyl (C=O) groups is 1. The van der Waals surface area contributed by atoms with Gasteiger partial charge in [-0.1, -0.05) is 17.7 Å². The Morgan fingerprint density at radius 2 is 2.40 bits per heavy atom. The third-order valence-electron chi connectivity index (χ3n) is 2.84. The first-order valence-corrected chi connectivity index (χ1v) is 4.92. The van der Waals surface area contributed by atoms with Crippen LogP contribution >= 0.6 is 0 Å². The fraction of sp³-hybridized carbons (Fsp3) is 0.364. The number of nitrogens with one attached hydrogen (secondary N) is 1. The van der Waals surface area contributed by atoms with Crippen molar-refractivity contribution in [1.82, 2.24) is 0 Å². The molecule has 1 aliphatic rings. The van der Waals surface area contributed by atoms with Crippen molar-refractivity contribution >= 4 is 11.7 Å². The minimum atomic E-state index is -0.948. The first-order valence-electron chi connectivity index (χ1n) is 4.92. The maximum absolute atomic E-state index is 10.8. The van der Waals surface area contributed by atoms with Crippen molar-refractivity contribution in [2.24, 2.45) is 5.73 Å². The predicted octanol–water partition coefficient (Wildman–Crippen LogP) is 0.916. The van der Waals surface area contributed by atoms with E-state index in [0.717, 1.165) is 16.8 Å². The Bertz CT molecular complexity index is 404. The van der Waals surface area contributed by atoms with Crippen molar-refractivity contribution in [3.8, 4) is 0 Å². The van der Waals surface area contributed by atoms with Crippen LogP contribution in [-0.2, 0) is 4.79 Å². The fourth-order valence-electron chi connectivity index (χ4n) is 1.97. The second-order valence-electron chi connectivity index (χ2n) is 3.94. The van der Waals surface area contributed by atoms with Gasteiger partial charge in [-0.05, 0) is 18.6 Å². The monoisotopic (exact) mass is 206 g/mol. The van der Waals surface area contributed by atoms with Crippen LogP contribution < -0.4 is 11.1 Å². The molecular weight excluding hydrogens is 192 g/mol. The highest BCUT2D eigenvalue weighted by molar-refractivity contribution is 5.76. The van der Waals surface area contributed by atoms with Gasteiger partial charge in [0.1, 0.15) is 6.04 Å². The smallest absolute Gasteiger partial charge is 0.321 e. The quantitative estimate of drug-likeness (QED) is 0.672. The number of carboxylic acids is 1. The predicted molar refractivity (Wildman–Crippen MR) is 58.0 cm³/mol.